The van der Waals surface area contributed by atoms with Crippen molar-refractivity contribution in [3.63, 3.8) is 0 Å². The molecule has 2 unspecified atom stereocenters. The third kappa shape index (κ3) is 2.89. The number of fused-ring (bicyclic) bond motifs is 1. The van der Waals surface area contributed by atoms with Gasteiger partial charge in [0, 0.05) is 12.1 Å². The third-order valence-electron chi connectivity index (χ3n) is 4.23. The highest BCUT2D eigenvalue weighted by molar-refractivity contribution is 5.69. The molecule has 6 heteroatoms. The van der Waals surface area contributed by atoms with Gasteiger partial charge in [0.2, 0.25) is 6.79 Å². The van der Waals surface area contributed by atoms with E-state index in [1.165, 1.54) is 12.5 Å². The van der Waals surface area contributed by atoms with E-state index in [1.807, 2.05) is 0 Å². The number of nitrogens with zero attached hydrogens (tertiary/aromatic N) is 1. The molecule has 1 N–H and O–H groups in total. The van der Waals surface area contributed by atoms with Gasteiger partial charge in [-0.1, -0.05) is 13.8 Å². The number of rotatable bonds is 3. The van der Waals surface area contributed by atoms with Crippen LogP contribution >= 0.6 is 0 Å². The van der Waals surface area contributed by atoms with Crippen molar-refractivity contribution in [1.82, 2.24) is 0 Å². The first-order chi connectivity index (χ1) is 10.0. The first-order valence-electron chi connectivity index (χ1n) is 7.37. The highest BCUT2D eigenvalue weighted by Crippen LogP contribution is 2.41. The van der Waals surface area contributed by atoms with Crippen molar-refractivity contribution in [3.05, 3.63) is 22.2 Å². The highest BCUT2D eigenvalue weighted by Gasteiger charge is 2.28. The molecule has 6 nitrogen and oxygen atoms in total. The lowest BCUT2D eigenvalue weighted by Crippen LogP contribution is -2.30. The quantitative estimate of drug-likeness (QED) is 0.681. The molecule has 1 aliphatic carbocycles. The van der Waals surface area contributed by atoms with E-state index in [9.17, 15) is 10.1 Å². The molecule has 1 aromatic rings. The Bertz CT molecular complexity index is 551. The Morgan fingerprint density at radius 1 is 1.14 bits per heavy atom. The summed E-state index contributed by atoms with van der Waals surface area (Å²) in [6.45, 7) is 4.59. The number of nitro groups is 1. The minimum atomic E-state index is -0.375. The SMILES string of the molecule is CC1CC(C)CC(Nc2cc3c(cc2[N+](=O)[O-])OCO3)C1. The molecule has 2 atom stereocenters. The van der Waals surface area contributed by atoms with Gasteiger partial charge in [0.05, 0.1) is 11.0 Å². The van der Waals surface area contributed by atoms with Crippen LogP contribution in [0.15, 0.2) is 12.1 Å². The van der Waals surface area contributed by atoms with Gasteiger partial charge in [0.15, 0.2) is 11.5 Å². The largest absolute Gasteiger partial charge is 0.454 e. The van der Waals surface area contributed by atoms with Crippen LogP contribution in [0.5, 0.6) is 11.5 Å². The highest BCUT2D eigenvalue weighted by atomic mass is 16.7. The predicted octanol–water partition coefficient (Wildman–Crippen LogP) is 3.56. The Morgan fingerprint density at radius 2 is 1.76 bits per heavy atom. The van der Waals surface area contributed by atoms with Gasteiger partial charge < -0.3 is 14.8 Å². The summed E-state index contributed by atoms with van der Waals surface area (Å²) in [6, 6.07) is 3.40. The lowest BCUT2D eigenvalue weighted by molar-refractivity contribution is -0.384. The number of anilines is 1. The number of hydrogen-bond acceptors (Lipinski definition) is 5. The lowest BCUT2D eigenvalue weighted by Gasteiger charge is -2.32. The molecule has 3 rings (SSSR count). The van der Waals surface area contributed by atoms with Crippen LogP contribution in [0.25, 0.3) is 0 Å². The second kappa shape index (κ2) is 5.42. The minimum Gasteiger partial charge on any atom is -0.454 e. The molecule has 1 fully saturated rings. The van der Waals surface area contributed by atoms with E-state index >= 15 is 0 Å². The normalized spacial score (nSPS) is 27.4. The minimum absolute atomic E-state index is 0.0464. The molecule has 1 heterocycles. The first kappa shape index (κ1) is 14.0. The Kier molecular flexibility index (Phi) is 3.61. The lowest BCUT2D eigenvalue weighted by atomic mass is 9.80. The van der Waals surface area contributed by atoms with Gasteiger partial charge in [-0.15, -0.1) is 0 Å². The van der Waals surface area contributed by atoms with Crippen molar-refractivity contribution in [2.45, 2.75) is 39.2 Å². The van der Waals surface area contributed by atoms with Crippen molar-refractivity contribution in [2.75, 3.05) is 12.1 Å². The summed E-state index contributed by atoms with van der Waals surface area (Å²) in [6.07, 6.45) is 3.30. The number of nitrogens with one attached hydrogen (secondary N) is 1. The number of nitro benzene ring substituents is 1. The summed E-state index contributed by atoms with van der Waals surface area (Å²) >= 11 is 0. The zero-order valence-corrected chi connectivity index (χ0v) is 12.3. The first-order valence-corrected chi connectivity index (χ1v) is 7.37. The average molecular weight is 292 g/mol. The number of benzene rings is 1. The van der Waals surface area contributed by atoms with Crippen LogP contribution in [0.4, 0.5) is 11.4 Å². The van der Waals surface area contributed by atoms with E-state index in [2.05, 4.69) is 19.2 Å². The molecule has 1 saturated carbocycles. The van der Waals surface area contributed by atoms with E-state index in [0.29, 0.717) is 29.0 Å². The fourth-order valence-corrected chi connectivity index (χ4v) is 3.48. The van der Waals surface area contributed by atoms with Crippen molar-refractivity contribution in [2.24, 2.45) is 11.8 Å². The summed E-state index contributed by atoms with van der Waals surface area (Å²) in [5.74, 6) is 2.29. The Balaban J connectivity index is 1.85. The number of ether oxygens (including phenoxy) is 2. The predicted molar refractivity (Wildman–Crippen MR) is 78.8 cm³/mol. The van der Waals surface area contributed by atoms with Crippen LogP contribution in [0.2, 0.25) is 0 Å². The molecule has 0 bridgehead atoms. The molecule has 0 radical (unpaired) electrons. The van der Waals surface area contributed by atoms with Gasteiger partial charge in [-0.05, 0) is 31.1 Å². The van der Waals surface area contributed by atoms with Crippen LogP contribution in [0.1, 0.15) is 33.1 Å². The molecular formula is C15H20N2O4. The maximum atomic E-state index is 11.3. The van der Waals surface area contributed by atoms with Gasteiger partial charge in [0.25, 0.3) is 5.69 Å². The zero-order valence-electron chi connectivity index (χ0n) is 12.3. The summed E-state index contributed by atoms with van der Waals surface area (Å²) in [4.78, 5) is 10.9. The van der Waals surface area contributed by atoms with E-state index in [0.717, 1.165) is 12.8 Å². The molecule has 2 aliphatic rings. The monoisotopic (exact) mass is 292 g/mol. The van der Waals surface area contributed by atoms with Crippen molar-refractivity contribution < 1.29 is 14.4 Å². The van der Waals surface area contributed by atoms with Crippen molar-refractivity contribution >= 4 is 11.4 Å². The van der Waals surface area contributed by atoms with Crippen molar-refractivity contribution in [1.29, 1.82) is 0 Å². The summed E-state index contributed by atoms with van der Waals surface area (Å²) < 4.78 is 10.5. The third-order valence-corrected chi connectivity index (χ3v) is 4.23. The van der Waals surface area contributed by atoms with Crippen LogP contribution in [0, 0.1) is 22.0 Å². The van der Waals surface area contributed by atoms with Gasteiger partial charge in [-0.2, -0.15) is 0 Å². The maximum Gasteiger partial charge on any atom is 0.296 e. The van der Waals surface area contributed by atoms with Crippen molar-refractivity contribution in [3.8, 4) is 11.5 Å². The van der Waals surface area contributed by atoms with E-state index < -0.39 is 0 Å². The van der Waals surface area contributed by atoms with Gasteiger partial charge in [0.1, 0.15) is 5.69 Å². The fraction of sp³-hybridized carbons (Fsp3) is 0.600. The van der Waals surface area contributed by atoms with Crippen LogP contribution in [-0.2, 0) is 0 Å². The smallest absolute Gasteiger partial charge is 0.296 e. The standard InChI is InChI=1S/C15H20N2O4/c1-9-3-10(2)5-11(4-9)16-12-6-14-15(21-8-20-14)7-13(12)17(18)19/h6-7,9-11,16H,3-5,8H2,1-2H3. The topological polar surface area (TPSA) is 73.6 Å². The summed E-state index contributed by atoms with van der Waals surface area (Å²) in [5, 5.41) is 14.6. The zero-order chi connectivity index (χ0) is 15.0. The van der Waals surface area contributed by atoms with E-state index in [1.54, 1.807) is 6.07 Å². The van der Waals surface area contributed by atoms with Gasteiger partial charge >= 0.3 is 0 Å². The second-order valence-corrected chi connectivity index (χ2v) is 6.24. The van der Waals surface area contributed by atoms with Crippen LogP contribution in [0.3, 0.4) is 0 Å². The Morgan fingerprint density at radius 3 is 2.38 bits per heavy atom. The van der Waals surface area contributed by atoms with Gasteiger partial charge in [-0.25, -0.2) is 0 Å². The Hall–Kier alpha value is -1.98. The van der Waals surface area contributed by atoms with Gasteiger partial charge in [-0.3, -0.25) is 10.1 Å². The Labute approximate surface area is 123 Å². The molecule has 0 saturated heterocycles. The molecule has 0 aromatic heterocycles. The molecule has 0 amide bonds. The molecule has 1 aliphatic heterocycles. The molecule has 1 aromatic carbocycles. The van der Waals surface area contributed by atoms with Crippen LogP contribution < -0.4 is 14.8 Å². The van der Waals surface area contributed by atoms with E-state index in [-0.39, 0.29) is 23.4 Å². The van der Waals surface area contributed by atoms with E-state index in [4.69, 9.17) is 9.47 Å². The summed E-state index contributed by atoms with van der Waals surface area (Å²) in [7, 11) is 0. The number of hydrogen-bond donors (Lipinski definition) is 1. The average Bonchev–Trinajstić information content (AvgIpc) is 2.83. The molecule has 114 valence electrons. The fourth-order valence-electron chi connectivity index (χ4n) is 3.48. The molecule has 21 heavy (non-hydrogen) atoms. The summed E-state index contributed by atoms with van der Waals surface area (Å²) in [5.41, 5.74) is 0.570. The maximum absolute atomic E-state index is 11.3. The second-order valence-electron chi connectivity index (χ2n) is 6.24. The molecule has 0 spiro atoms. The molecular weight excluding hydrogens is 272 g/mol. The van der Waals surface area contributed by atoms with Crippen LogP contribution in [-0.4, -0.2) is 17.8 Å².